The van der Waals surface area contributed by atoms with Gasteiger partial charge in [0.05, 0.1) is 0 Å². The van der Waals surface area contributed by atoms with Crippen molar-refractivity contribution in [1.82, 2.24) is 5.32 Å². The van der Waals surface area contributed by atoms with Gasteiger partial charge in [-0.2, -0.15) is 0 Å². The van der Waals surface area contributed by atoms with Crippen LogP contribution in [0.25, 0.3) is 0 Å². The van der Waals surface area contributed by atoms with Crippen LogP contribution in [0.4, 0.5) is 4.39 Å². The van der Waals surface area contributed by atoms with Gasteiger partial charge in [0.15, 0.2) is 0 Å². The van der Waals surface area contributed by atoms with E-state index in [2.05, 4.69) is 5.32 Å². The lowest BCUT2D eigenvalue weighted by Crippen LogP contribution is -2.50. The SMILES string of the molecule is Cc1c(F)cccc1OC1CNC1. The van der Waals surface area contributed by atoms with E-state index in [0.29, 0.717) is 11.3 Å². The largest absolute Gasteiger partial charge is 0.487 e. The molecule has 2 rings (SSSR count). The second-order valence-electron chi connectivity index (χ2n) is 3.26. The van der Waals surface area contributed by atoms with Gasteiger partial charge < -0.3 is 10.1 Å². The van der Waals surface area contributed by atoms with E-state index in [1.165, 1.54) is 6.07 Å². The number of hydrogen-bond acceptors (Lipinski definition) is 2. The highest BCUT2D eigenvalue weighted by molar-refractivity contribution is 5.33. The van der Waals surface area contributed by atoms with E-state index < -0.39 is 0 Å². The van der Waals surface area contributed by atoms with Crippen molar-refractivity contribution in [3.8, 4) is 5.75 Å². The lowest BCUT2D eigenvalue weighted by atomic mass is 10.2. The molecule has 0 aliphatic carbocycles. The van der Waals surface area contributed by atoms with Crippen LogP contribution in [0.3, 0.4) is 0 Å². The molecule has 70 valence electrons. The number of halogens is 1. The summed E-state index contributed by atoms with van der Waals surface area (Å²) in [5, 5.41) is 3.10. The van der Waals surface area contributed by atoms with Crippen LogP contribution in [0.5, 0.6) is 5.75 Å². The molecule has 1 aromatic carbocycles. The first-order valence-electron chi connectivity index (χ1n) is 4.40. The van der Waals surface area contributed by atoms with E-state index in [0.717, 1.165) is 13.1 Å². The number of benzene rings is 1. The maximum absolute atomic E-state index is 13.1. The predicted molar refractivity (Wildman–Crippen MR) is 48.4 cm³/mol. The average Bonchev–Trinajstić information content (AvgIpc) is 2.04. The third-order valence-corrected chi connectivity index (χ3v) is 2.26. The number of hydrogen-bond donors (Lipinski definition) is 1. The predicted octanol–water partition coefficient (Wildman–Crippen LogP) is 1.48. The van der Waals surface area contributed by atoms with E-state index in [1.54, 1.807) is 19.1 Å². The second-order valence-corrected chi connectivity index (χ2v) is 3.26. The molecule has 0 unspecified atom stereocenters. The Kier molecular flexibility index (Phi) is 2.19. The topological polar surface area (TPSA) is 21.3 Å². The Morgan fingerprint density at radius 2 is 2.23 bits per heavy atom. The molecule has 3 heteroatoms. The number of nitrogens with one attached hydrogen (secondary N) is 1. The molecule has 1 aliphatic heterocycles. The zero-order valence-electron chi connectivity index (χ0n) is 7.51. The zero-order valence-corrected chi connectivity index (χ0v) is 7.51. The molecule has 1 N–H and O–H groups in total. The summed E-state index contributed by atoms with van der Waals surface area (Å²) in [7, 11) is 0. The molecule has 0 radical (unpaired) electrons. The highest BCUT2D eigenvalue weighted by Gasteiger charge is 2.19. The molecule has 1 aliphatic rings. The van der Waals surface area contributed by atoms with Crippen LogP contribution in [-0.2, 0) is 0 Å². The molecule has 1 fully saturated rings. The first-order chi connectivity index (χ1) is 6.27. The Labute approximate surface area is 76.7 Å². The second kappa shape index (κ2) is 3.34. The zero-order chi connectivity index (χ0) is 9.26. The lowest BCUT2D eigenvalue weighted by Gasteiger charge is -2.28. The molecular formula is C10H12FNO. The Morgan fingerprint density at radius 1 is 1.46 bits per heavy atom. The van der Waals surface area contributed by atoms with Crippen molar-refractivity contribution >= 4 is 0 Å². The molecule has 0 saturated carbocycles. The first-order valence-corrected chi connectivity index (χ1v) is 4.40. The van der Waals surface area contributed by atoms with E-state index in [1.807, 2.05) is 0 Å². The summed E-state index contributed by atoms with van der Waals surface area (Å²) >= 11 is 0. The molecule has 1 aromatic rings. The molecule has 0 atom stereocenters. The van der Waals surface area contributed by atoms with Crippen molar-refractivity contribution in [2.24, 2.45) is 0 Å². The fourth-order valence-electron chi connectivity index (χ4n) is 1.24. The quantitative estimate of drug-likeness (QED) is 0.746. The molecular weight excluding hydrogens is 169 g/mol. The Hall–Kier alpha value is -1.09. The number of rotatable bonds is 2. The van der Waals surface area contributed by atoms with Gasteiger partial charge in [-0.15, -0.1) is 0 Å². The summed E-state index contributed by atoms with van der Waals surface area (Å²) in [6.07, 6.45) is 0.209. The van der Waals surface area contributed by atoms with Crippen molar-refractivity contribution < 1.29 is 9.13 Å². The Bertz CT molecular complexity index is 310. The minimum absolute atomic E-state index is 0.204. The monoisotopic (exact) mass is 181 g/mol. The van der Waals surface area contributed by atoms with Crippen molar-refractivity contribution in [3.05, 3.63) is 29.6 Å². The Morgan fingerprint density at radius 3 is 2.85 bits per heavy atom. The van der Waals surface area contributed by atoms with Crippen molar-refractivity contribution in [1.29, 1.82) is 0 Å². The minimum atomic E-state index is -0.204. The van der Waals surface area contributed by atoms with Gasteiger partial charge in [0.2, 0.25) is 0 Å². The highest BCUT2D eigenvalue weighted by Crippen LogP contribution is 2.21. The van der Waals surface area contributed by atoms with Crippen LogP contribution in [0.1, 0.15) is 5.56 Å². The van der Waals surface area contributed by atoms with Crippen molar-refractivity contribution in [2.45, 2.75) is 13.0 Å². The molecule has 13 heavy (non-hydrogen) atoms. The summed E-state index contributed by atoms with van der Waals surface area (Å²) in [6, 6.07) is 4.92. The Balaban J connectivity index is 2.14. The molecule has 1 heterocycles. The van der Waals surface area contributed by atoms with Crippen LogP contribution in [0.2, 0.25) is 0 Å². The maximum atomic E-state index is 13.1. The fourth-order valence-corrected chi connectivity index (χ4v) is 1.24. The maximum Gasteiger partial charge on any atom is 0.129 e. The van der Waals surface area contributed by atoms with Crippen molar-refractivity contribution in [3.63, 3.8) is 0 Å². The summed E-state index contributed by atoms with van der Waals surface area (Å²) in [6.45, 7) is 3.45. The third-order valence-electron chi connectivity index (χ3n) is 2.26. The van der Waals surface area contributed by atoms with Gasteiger partial charge in [-0.25, -0.2) is 4.39 Å². The normalized spacial score (nSPS) is 16.8. The summed E-state index contributed by atoms with van der Waals surface area (Å²) in [4.78, 5) is 0. The molecule has 1 saturated heterocycles. The van der Waals surface area contributed by atoms with E-state index in [9.17, 15) is 4.39 Å². The van der Waals surface area contributed by atoms with Crippen LogP contribution < -0.4 is 10.1 Å². The van der Waals surface area contributed by atoms with Crippen LogP contribution in [-0.4, -0.2) is 19.2 Å². The van der Waals surface area contributed by atoms with Gasteiger partial charge in [-0.1, -0.05) is 6.07 Å². The molecule has 2 nitrogen and oxygen atoms in total. The standard InChI is InChI=1S/C10H12FNO/c1-7-9(11)3-2-4-10(7)13-8-5-12-6-8/h2-4,8,12H,5-6H2,1H3. The van der Waals surface area contributed by atoms with Gasteiger partial charge in [-0.05, 0) is 19.1 Å². The molecule has 0 spiro atoms. The summed E-state index contributed by atoms with van der Waals surface area (Å²) < 4.78 is 18.6. The molecule has 0 bridgehead atoms. The molecule has 0 amide bonds. The van der Waals surface area contributed by atoms with E-state index >= 15 is 0 Å². The summed E-state index contributed by atoms with van der Waals surface area (Å²) in [5.41, 5.74) is 0.592. The molecule has 0 aromatic heterocycles. The smallest absolute Gasteiger partial charge is 0.129 e. The fraction of sp³-hybridized carbons (Fsp3) is 0.400. The van der Waals surface area contributed by atoms with Crippen LogP contribution >= 0.6 is 0 Å². The van der Waals surface area contributed by atoms with Crippen LogP contribution in [0, 0.1) is 12.7 Å². The van der Waals surface area contributed by atoms with Crippen LogP contribution in [0.15, 0.2) is 18.2 Å². The lowest BCUT2D eigenvalue weighted by molar-refractivity contribution is 0.140. The number of ether oxygens (including phenoxy) is 1. The van der Waals surface area contributed by atoms with E-state index in [4.69, 9.17) is 4.74 Å². The average molecular weight is 181 g/mol. The van der Waals surface area contributed by atoms with E-state index in [-0.39, 0.29) is 11.9 Å². The van der Waals surface area contributed by atoms with Gasteiger partial charge in [0.1, 0.15) is 17.7 Å². The van der Waals surface area contributed by atoms with Gasteiger partial charge in [0.25, 0.3) is 0 Å². The van der Waals surface area contributed by atoms with Gasteiger partial charge in [-0.3, -0.25) is 0 Å². The van der Waals surface area contributed by atoms with Crippen molar-refractivity contribution in [2.75, 3.05) is 13.1 Å². The highest BCUT2D eigenvalue weighted by atomic mass is 19.1. The van der Waals surface area contributed by atoms with Gasteiger partial charge >= 0.3 is 0 Å². The third kappa shape index (κ3) is 1.65. The minimum Gasteiger partial charge on any atom is -0.487 e. The van der Waals surface area contributed by atoms with Gasteiger partial charge in [0, 0.05) is 18.7 Å². The first kappa shape index (κ1) is 8.51. The summed E-state index contributed by atoms with van der Waals surface area (Å²) in [5.74, 6) is 0.455.